The number of likely N-dealkylation sites (tertiary alicyclic amines) is 1. The molecule has 3 rings (SSSR count). The second-order valence-electron chi connectivity index (χ2n) is 8.13. The van der Waals surface area contributed by atoms with E-state index in [4.69, 9.17) is 36.7 Å². The molecule has 0 radical (unpaired) electrons. The van der Waals surface area contributed by atoms with Gasteiger partial charge in [-0.15, -0.1) is 0 Å². The number of anilines is 1. The summed E-state index contributed by atoms with van der Waals surface area (Å²) in [7, 11) is 3.69. The van der Waals surface area contributed by atoms with E-state index in [1.165, 1.54) is 33.0 Å². The van der Waals surface area contributed by atoms with Gasteiger partial charge in [-0.2, -0.15) is 0 Å². The molecule has 32 heavy (non-hydrogen) atoms. The third-order valence-electron chi connectivity index (χ3n) is 5.71. The molecule has 4 N–H and O–H groups in total. The number of nitrogen functional groups attached to an aromatic ring is 1. The Kier molecular flexibility index (Phi) is 11.2. The molecule has 2 saturated heterocycles. The number of amides is 1. The average molecular weight is 471 g/mol. The van der Waals surface area contributed by atoms with Crippen LogP contribution in [0.2, 0.25) is 5.02 Å². The van der Waals surface area contributed by atoms with Crippen LogP contribution < -0.4 is 15.8 Å². The lowest BCUT2D eigenvalue weighted by atomic mass is 9.96. The maximum atomic E-state index is 12.6. The minimum Gasteiger partial charge on any atom is -0.496 e. The fourth-order valence-corrected chi connectivity index (χ4v) is 4.06. The first-order valence-electron chi connectivity index (χ1n) is 10.9. The van der Waals surface area contributed by atoms with Crippen LogP contribution in [0.15, 0.2) is 12.1 Å². The van der Waals surface area contributed by atoms with Gasteiger partial charge in [-0.3, -0.25) is 9.69 Å². The molecule has 0 saturated carbocycles. The molecule has 10 heteroatoms. The third-order valence-corrected chi connectivity index (χ3v) is 6.03. The summed E-state index contributed by atoms with van der Waals surface area (Å²) in [5, 5.41) is 10.8. The fraction of sp³-hybridized carbons (Fsp3) is 0.636. The van der Waals surface area contributed by atoms with Crippen LogP contribution in [0.4, 0.5) is 5.69 Å². The first-order chi connectivity index (χ1) is 15.4. The van der Waals surface area contributed by atoms with Crippen LogP contribution in [0.25, 0.3) is 0 Å². The average Bonchev–Trinajstić information content (AvgIpc) is 2.81. The summed E-state index contributed by atoms with van der Waals surface area (Å²) in [5.74, 6) is 0.924. The number of piperidine rings is 1. The molecular formula is C22H35ClN4O5. The number of aliphatic hydroxyl groups is 1. The largest absolute Gasteiger partial charge is 0.496 e. The van der Waals surface area contributed by atoms with E-state index in [0.717, 1.165) is 25.6 Å². The molecular weight excluding hydrogens is 436 g/mol. The standard InChI is InChI=1S/C20H31ClN4O3.C2H4O2/c1-24-5-3-14(4-6-24)12-25-7-8-28-15(13-25)11-23-20(26)16-9-17(21)18(22)10-19(16)27-2;3-1-2-4/h9-10,14-15H,3-8,11-13,22H2,1-2H3,(H,23,26);1,4H,2H2. The number of nitrogens with two attached hydrogens (primary N) is 1. The Hall–Kier alpha value is -1.91. The van der Waals surface area contributed by atoms with Crippen molar-refractivity contribution in [1.29, 1.82) is 0 Å². The molecule has 2 aliphatic heterocycles. The second kappa shape index (κ2) is 13.6. The number of ether oxygens (including phenoxy) is 2. The van der Waals surface area contributed by atoms with Crippen molar-refractivity contribution in [3.05, 3.63) is 22.7 Å². The van der Waals surface area contributed by atoms with Gasteiger partial charge in [0.2, 0.25) is 0 Å². The molecule has 0 aliphatic carbocycles. The molecule has 0 spiro atoms. The van der Waals surface area contributed by atoms with Crippen molar-refractivity contribution in [3.63, 3.8) is 0 Å². The van der Waals surface area contributed by atoms with Gasteiger partial charge in [-0.05, 0) is 45.0 Å². The van der Waals surface area contributed by atoms with Gasteiger partial charge >= 0.3 is 0 Å². The van der Waals surface area contributed by atoms with Crippen molar-refractivity contribution in [2.75, 3.05) is 72.4 Å². The summed E-state index contributed by atoms with van der Waals surface area (Å²) in [6, 6.07) is 3.11. The third kappa shape index (κ3) is 8.22. The van der Waals surface area contributed by atoms with Gasteiger partial charge in [0.05, 0.1) is 42.7 Å². The van der Waals surface area contributed by atoms with Crippen molar-refractivity contribution in [3.8, 4) is 5.75 Å². The maximum absolute atomic E-state index is 12.6. The molecule has 1 aromatic rings. The number of hydrogen-bond donors (Lipinski definition) is 3. The predicted molar refractivity (Wildman–Crippen MR) is 124 cm³/mol. The van der Waals surface area contributed by atoms with Gasteiger partial charge in [0.25, 0.3) is 5.91 Å². The summed E-state index contributed by atoms with van der Waals surface area (Å²) in [5.41, 5.74) is 6.54. The highest BCUT2D eigenvalue weighted by Crippen LogP contribution is 2.28. The van der Waals surface area contributed by atoms with Crippen molar-refractivity contribution in [1.82, 2.24) is 15.1 Å². The van der Waals surface area contributed by atoms with E-state index in [0.29, 0.717) is 41.5 Å². The summed E-state index contributed by atoms with van der Waals surface area (Å²) in [6.07, 6.45) is 2.93. The van der Waals surface area contributed by atoms with Crippen molar-refractivity contribution < 1.29 is 24.2 Å². The minimum atomic E-state index is -0.361. The number of halogens is 1. The van der Waals surface area contributed by atoms with Gasteiger partial charge in [-0.25, -0.2) is 0 Å². The molecule has 1 atom stereocenters. The molecule has 180 valence electrons. The van der Waals surface area contributed by atoms with Crippen LogP contribution in [0.5, 0.6) is 5.75 Å². The van der Waals surface area contributed by atoms with Crippen LogP contribution in [0.3, 0.4) is 0 Å². The predicted octanol–water partition coefficient (Wildman–Crippen LogP) is 0.881. The van der Waals surface area contributed by atoms with Gasteiger partial charge in [0.1, 0.15) is 12.0 Å². The lowest BCUT2D eigenvalue weighted by Crippen LogP contribution is -2.49. The summed E-state index contributed by atoms with van der Waals surface area (Å²) in [6.45, 7) is 6.06. The van der Waals surface area contributed by atoms with Gasteiger partial charge in [0, 0.05) is 32.2 Å². The number of aldehydes is 1. The topological polar surface area (TPSA) is 117 Å². The normalized spacial score (nSPS) is 20.2. The highest BCUT2D eigenvalue weighted by Gasteiger charge is 2.25. The van der Waals surface area contributed by atoms with E-state index in [1.807, 2.05) is 0 Å². The number of nitrogens with one attached hydrogen (secondary N) is 1. The van der Waals surface area contributed by atoms with Crippen LogP contribution in [-0.2, 0) is 9.53 Å². The number of aliphatic hydroxyl groups excluding tert-OH is 1. The van der Waals surface area contributed by atoms with Gasteiger partial charge in [-0.1, -0.05) is 11.6 Å². The van der Waals surface area contributed by atoms with E-state index < -0.39 is 0 Å². The Morgan fingerprint density at radius 3 is 2.69 bits per heavy atom. The van der Waals surface area contributed by atoms with E-state index in [2.05, 4.69) is 22.2 Å². The summed E-state index contributed by atoms with van der Waals surface area (Å²) < 4.78 is 11.1. The van der Waals surface area contributed by atoms with Crippen molar-refractivity contribution in [2.24, 2.45) is 5.92 Å². The summed E-state index contributed by atoms with van der Waals surface area (Å²) in [4.78, 5) is 26.4. The highest BCUT2D eigenvalue weighted by molar-refractivity contribution is 6.33. The first kappa shape index (κ1) is 26.3. The number of carbonyl (C=O) groups excluding carboxylic acids is 2. The number of rotatable bonds is 7. The number of benzene rings is 1. The van der Waals surface area contributed by atoms with Gasteiger partial charge in [0.15, 0.2) is 0 Å². The molecule has 2 heterocycles. The number of hydrogen-bond acceptors (Lipinski definition) is 8. The van der Waals surface area contributed by atoms with Crippen molar-refractivity contribution in [2.45, 2.75) is 18.9 Å². The molecule has 1 amide bonds. The Morgan fingerprint density at radius 1 is 1.38 bits per heavy atom. The molecule has 2 fully saturated rings. The Labute approximate surface area is 194 Å². The van der Waals surface area contributed by atoms with Crippen LogP contribution in [-0.4, -0.2) is 99.8 Å². The highest BCUT2D eigenvalue weighted by atomic mass is 35.5. The monoisotopic (exact) mass is 470 g/mol. The number of methoxy groups -OCH3 is 1. The SMILES string of the molecule is COc1cc(N)c(Cl)cc1C(=O)NCC1CN(CC2CCN(C)CC2)CCO1.O=CCO. The Morgan fingerprint density at radius 2 is 2.06 bits per heavy atom. The maximum Gasteiger partial charge on any atom is 0.255 e. The van der Waals surface area contributed by atoms with E-state index in [9.17, 15) is 4.79 Å². The molecule has 0 bridgehead atoms. The lowest BCUT2D eigenvalue weighted by molar-refractivity contribution is -0.110. The first-order valence-corrected chi connectivity index (χ1v) is 11.2. The molecule has 9 nitrogen and oxygen atoms in total. The molecule has 1 unspecified atom stereocenters. The number of morpholine rings is 1. The minimum absolute atomic E-state index is 0.0146. The zero-order valence-electron chi connectivity index (χ0n) is 18.9. The van der Waals surface area contributed by atoms with Crippen molar-refractivity contribution >= 4 is 29.5 Å². The van der Waals surface area contributed by atoms with E-state index in [-0.39, 0.29) is 18.6 Å². The van der Waals surface area contributed by atoms with E-state index >= 15 is 0 Å². The second-order valence-corrected chi connectivity index (χ2v) is 8.54. The Bertz CT molecular complexity index is 743. The zero-order chi connectivity index (χ0) is 23.5. The summed E-state index contributed by atoms with van der Waals surface area (Å²) >= 11 is 6.06. The van der Waals surface area contributed by atoms with E-state index in [1.54, 1.807) is 12.1 Å². The van der Waals surface area contributed by atoms with Crippen LogP contribution >= 0.6 is 11.6 Å². The zero-order valence-corrected chi connectivity index (χ0v) is 19.6. The molecule has 1 aromatic carbocycles. The smallest absolute Gasteiger partial charge is 0.255 e. The quantitative estimate of drug-likeness (QED) is 0.397. The number of carbonyl (C=O) groups is 2. The van der Waals surface area contributed by atoms with Crippen LogP contribution in [0, 0.1) is 5.92 Å². The van der Waals surface area contributed by atoms with Crippen LogP contribution in [0.1, 0.15) is 23.2 Å². The lowest BCUT2D eigenvalue weighted by Gasteiger charge is -2.37. The number of nitrogens with zero attached hydrogens (tertiary/aromatic N) is 2. The Balaban J connectivity index is 0.000000837. The van der Waals surface area contributed by atoms with Gasteiger partial charge < -0.3 is 35.3 Å². The fourth-order valence-electron chi connectivity index (χ4n) is 3.90. The molecule has 2 aliphatic rings. The molecule has 0 aromatic heterocycles.